The number of aromatic nitrogens is 3. The van der Waals surface area contributed by atoms with Crippen molar-refractivity contribution in [2.45, 2.75) is 30.6 Å². The molecule has 1 saturated carbocycles. The maximum atomic E-state index is 5.72. The van der Waals surface area contributed by atoms with Crippen LogP contribution < -0.4 is 5.73 Å². The Balaban J connectivity index is 2.15. The van der Waals surface area contributed by atoms with Gasteiger partial charge in [-0.2, -0.15) is 0 Å². The highest BCUT2D eigenvalue weighted by Crippen LogP contribution is 2.38. The molecule has 0 amide bonds. The van der Waals surface area contributed by atoms with E-state index in [1.165, 1.54) is 12.8 Å². The van der Waals surface area contributed by atoms with Crippen molar-refractivity contribution in [3.05, 3.63) is 17.4 Å². The van der Waals surface area contributed by atoms with Crippen molar-refractivity contribution in [3.63, 3.8) is 0 Å². The third kappa shape index (κ3) is 2.53. The summed E-state index contributed by atoms with van der Waals surface area (Å²) in [5.74, 6) is 1.52. The highest BCUT2D eigenvalue weighted by Gasteiger charge is 2.29. The molecule has 15 heavy (non-hydrogen) atoms. The molecule has 4 nitrogen and oxygen atoms in total. The predicted molar refractivity (Wildman–Crippen MR) is 61.9 cm³/mol. The lowest BCUT2D eigenvalue weighted by Crippen LogP contribution is -2.08. The van der Waals surface area contributed by atoms with E-state index >= 15 is 0 Å². The second-order valence-electron chi connectivity index (χ2n) is 3.51. The average molecular weight is 245 g/mol. The lowest BCUT2D eigenvalue weighted by atomic mass is 10.5. The largest absolute Gasteiger partial charge is 0.324 e. The third-order valence-electron chi connectivity index (χ3n) is 2.19. The molecule has 0 saturated heterocycles. The lowest BCUT2D eigenvalue weighted by molar-refractivity contribution is 0.626. The quantitative estimate of drug-likeness (QED) is 0.804. The zero-order chi connectivity index (χ0) is 10.8. The number of thioether (sulfide) groups is 1. The van der Waals surface area contributed by atoms with E-state index in [-0.39, 0.29) is 0 Å². The molecule has 1 heterocycles. The number of nitrogens with zero attached hydrogens (tertiary/aromatic N) is 3. The minimum absolute atomic E-state index is 0.436. The van der Waals surface area contributed by atoms with Gasteiger partial charge < -0.3 is 10.3 Å². The van der Waals surface area contributed by atoms with Crippen molar-refractivity contribution in [2.24, 2.45) is 5.73 Å². The molecule has 2 rings (SSSR count). The Labute approximate surface area is 97.9 Å². The first kappa shape index (κ1) is 11.0. The molecular weight excluding hydrogens is 232 g/mol. The molecule has 82 valence electrons. The molecule has 0 radical (unpaired) electrons. The second-order valence-corrected chi connectivity index (χ2v) is 4.99. The summed E-state index contributed by atoms with van der Waals surface area (Å²) in [7, 11) is 0. The minimum Gasteiger partial charge on any atom is -0.324 e. The Morgan fingerprint density at radius 2 is 2.33 bits per heavy atom. The van der Waals surface area contributed by atoms with E-state index in [4.69, 9.17) is 17.3 Å². The Bertz CT molecular complexity index is 372. The Morgan fingerprint density at radius 3 is 2.87 bits per heavy atom. The summed E-state index contributed by atoms with van der Waals surface area (Å²) in [6.45, 7) is 4.09. The van der Waals surface area contributed by atoms with Crippen LogP contribution in [0.25, 0.3) is 0 Å². The molecule has 0 aromatic carbocycles. The zero-order valence-electron chi connectivity index (χ0n) is 8.32. The molecule has 2 N–H and O–H groups in total. The van der Waals surface area contributed by atoms with E-state index in [1.807, 2.05) is 0 Å². The second kappa shape index (κ2) is 4.55. The molecule has 0 bridgehead atoms. The van der Waals surface area contributed by atoms with Crippen LogP contribution in [-0.2, 0) is 6.54 Å². The smallest absolute Gasteiger partial charge is 0.191 e. The van der Waals surface area contributed by atoms with Crippen LogP contribution in [0.2, 0.25) is 0 Å². The Hall–Kier alpha value is -0.520. The van der Waals surface area contributed by atoms with Crippen molar-refractivity contribution in [1.29, 1.82) is 0 Å². The average Bonchev–Trinajstić information content (AvgIpc) is 2.96. The minimum atomic E-state index is 0.436. The molecule has 6 heteroatoms. The summed E-state index contributed by atoms with van der Waals surface area (Å²) in [5.41, 5.74) is 5.61. The molecule has 1 fully saturated rings. The van der Waals surface area contributed by atoms with Crippen LogP contribution in [0, 0.1) is 0 Å². The molecule has 1 aliphatic carbocycles. The summed E-state index contributed by atoms with van der Waals surface area (Å²) < 4.78 is 2.13. The van der Waals surface area contributed by atoms with Gasteiger partial charge in [-0.3, -0.25) is 0 Å². The van der Waals surface area contributed by atoms with Crippen LogP contribution in [0.15, 0.2) is 16.8 Å². The maximum absolute atomic E-state index is 5.72. The molecular formula is C9H13ClN4S. The van der Waals surface area contributed by atoms with Crippen LogP contribution in [0.4, 0.5) is 0 Å². The van der Waals surface area contributed by atoms with Gasteiger partial charge in [-0.15, -0.1) is 10.2 Å². The molecule has 0 unspecified atom stereocenters. The first-order valence-corrected chi connectivity index (χ1v) is 6.18. The molecule has 0 aliphatic heterocycles. The molecule has 0 spiro atoms. The van der Waals surface area contributed by atoms with Gasteiger partial charge >= 0.3 is 0 Å². The molecule has 1 aromatic rings. The van der Waals surface area contributed by atoms with Gasteiger partial charge in [0.15, 0.2) is 5.16 Å². The third-order valence-corrected chi connectivity index (χ3v) is 3.51. The summed E-state index contributed by atoms with van der Waals surface area (Å²) in [6.07, 6.45) is 2.39. The van der Waals surface area contributed by atoms with E-state index in [1.54, 1.807) is 11.8 Å². The van der Waals surface area contributed by atoms with E-state index < -0.39 is 0 Å². The normalized spacial score (nSPS) is 15.6. The first-order chi connectivity index (χ1) is 7.22. The van der Waals surface area contributed by atoms with Crippen LogP contribution >= 0.6 is 23.4 Å². The van der Waals surface area contributed by atoms with Crippen molar-refractivity contribution in [3.8, 4) is 0 Å². The van der Waals surface area contributed by atoms with Crippen molar-refractivity contribution in [1.82, 2.24) is 14.8 Å². The van der Waals surface area contributed by atoms with E-state index in [0.29, 0.717) is 23.4 Å². The van der Waals surface area contributed by atoms with Gasteiger partial charge in [-0.1, -0.05) is 29.9 Å². The monoisotopic (exact) mass is 244 g/mol. The van der Waals surface area contributed by atoms with Gasteiger partial charge in [-0.25, -0.2) is 0 Å². The van der Waals surface area contributed by atoms with Gasteiger partial charge in [-0.05, 0) is 12.8 Å². The van der Waals surface area contributed by atoms with Gasteiger partial charge in [0.25, 0.3) is 0 Å². The first-order valence-electron chi connectivity index (χ1n) is 4.82. The van der Waals surface area contributed by atoms with E-state index in [0.717, 1.165) is 11.0 Å². The Kier molecular flexibility index (Phi) is 3.33. The topological polar surface area (TPSA) is 56.7 Å². The Morgan fingerprint density at radius 1 is 1.60 bits per heavy atom. The fraction of sp³-hybridized carbons (Fsp3) is 0.556. The van der Waals surface area contributed by atoms with E-state index in [9.17, 15) is 0 Å². The number of nitrogens with two attached hydrogens (primary N) is 1. The van der Waals surface area contributed by atoms with Crippen LogP contribution in [-0.4, -0.2) is 20.5 Å². The highest BCUT2D eigenvalue weighted by atomic mass is 35.5. The van der Waals surface area contributed by atoms with Crippen molar-refractivity contribution >= 4 is 23.4 Å². The fourth-order valence-electron chi connectivity index (χ4n) is 1.39. The lowest BCUT2D eigenvalue weighted by Gasteiger charge is -2.06. The fourth-order valence-corrected chi connectivity index (χ4v) is 2.33. The molecule has 1 aromatic heterocycles. The molecule has 0 atom stereocenters. The molecule has 1 aliphatic rings. The zero-order valence-corrected chi connectivity index (χ0v) is 9.89. The number of hydrogen-bond acceptors (Lipinski definition) is 4. The van der Waals surface area contributed by atoms with Crippen LogP contribution in [0.1, 0.15) is 24.7 Å². The van der Waals surface area contributed by atoms with Gasteiger partial charge in [0.1, 0.15) is 5.82 Å². The summed E-state index contributed by atoms with van der Waals surface area (Å²) in [5, 5.41) is 9.71. The number of rotatable bonds is 5. The number of hydrogen-bond donors (Lipinski definition) is 1. The number of halogens is 1. The highest BCUT2D eigenvalue weighted by molar-refractivity contribution is 7.99. The van der Waals surface area contributed by atoms with Crippen LogP contribution in [0.5, 0.6) is 0 Å². The van der Waals surface area contributed by atoms with Gasteiger partial charge in [0.2, 0.25) is 0 Å². The van der Waals surface area contributed by atoms with Crippen LogP contribution in [0.3, 0.4) is 0 Å². The maximum Gasteiger partial charge on any atom is 0.191 e. The predicted octanol–water partition coefficient (Wildman–Crippen LogP) is 1.92. The summed E-state index contributed by atoms with van der Waals surface area (Å²) in [4.78, 5) is 0. The van der Waals surface area contributed by atoms with Crippen molar-refractivity contribution < 1.29 is 0 Å². The summed E-state index contributed by atoms with van der Waals surface area (Å²) >= 11 is 7.28. The van der Waals surface area contributed by atoms with E-state index in [2.05, 4.69) is 21.3 Å². The van der Waals surface area contributed by atoms with Crippen molar-refractivity contribution in [2.75, 3.05) is 5.75 Å². The standard InChI is InChI=1S/C9H13ClN4S/c1-6(10)5-15-9-13-12-8(4-11)14(9)7-2-3-7/h7H,1-5,11H2. The van der Waals surface area contributed by atoms with Gasteiger partial charge in [0.05, 0.1) is 6.54 Å². The SMILES string of the molecule is C=C(Cl)CSc1nnc(CN)n1C1CC1. The van der Waals surface area contributed by atoms with Gasteiger partial charge in [0, 0.05) is 16.8 Å². The summed E-state index contributed by atoms with van der Waals surface area (Å²) in [6, 6.07) is 0.546.